The first-order valence-corrected chi connectivity index (χ1v) is 9.71. The molecule has 0 saturated carbocycles. The number of hydrogen-bond acceptors (Lipinski definition) is 4. The fourth-order valence-electron chi connectivity index (χ4n) is 2.44. The third-order valence-corrected chi connectivity index (χ3v) is 3.95. The van der Waals surface area contributed by atoms with Crippen molar-refractivity contribution in [3.05, 3.63) is 35.4 Å². The van der Waals surface area contributed by atoms with E-state index < -0.39 is 0 Å². The van der Waals surface area contributed by atoms with E-state index in [0.717, 1.165) is 18.4 Å². The monoisotopic (exact) mass is 363 g/mol. The summed E-state index contributed by atoms with van der Waals surface area (Å²) in [5.41, 5.74) is 2.02. The van der Waals surface area contributed by atoms with Gasteiger partial charge in [-0.2, -0.15) is 0 Å². The van der Waals surface area contributed by atoms with E-state index in [4.69, 9.17) is 9.47 Å². The smallest absolute Gasteiger partial charge is 0.245 e. The summed E-state index contributed by atoms with van der Waals surface area (Å²) in [6.07, 6.45) is 5.43. The second-order valence-electron chi connectivity index (χ2n) is 6.34. The normalized spacial score (nSPS) is 10.7. The molecule has 1 amide bonds. The predicted molar refractivity (Wildman–Crippen MR) is 104 cm³/mol. The van der Waals surface area contributed by atoms with Crippen LogP contribution < -0.4 is 5.32 Å². The number of aryl methyl sites for hydroxylation is 1. The summed E-state index contributed by atoms with van der Waals surface area (Å²) in [6.45, 7) is 6.36. The van der Waals surface area contributed by atoms with Crippen molar-refractivity contribution in [2.24, 2.45) is 0 Å². The van der Waals surface area contributed by atoms with Crippen molar-refractivity contribution in [1.82, 2.24) is 5.32 Å². The number of nitrogens with one attached hydrogen (secondary N) is 1. The molecule has 0 atom stereocenters. The molecular weight excluding hydrogens is 330 g/mol. The lowest BCUT2D eigenvalue weighted by atomic mass is 10.0. The van der Waals surface area contributed by atoms with E-state index in [2.05, 4.69) is 12.2 Å². The number of amides is 1. The van der Waals surface area contributed by atoms with Gasteiger partial charge >= 0.3 is 0 Å². The van der Waals surface area contributed by atoms with Crippen LogP contribution in [-0.2, 0) is 20.7 Å². The van der Waals surface area contributed by atoms with E-state index in [1.165, 1.54) is 18.4 Å². The van der Waals surface area contributed by atoms with Crippen LogP contribution in [0.15, 0.2) is 24.3 Å². The predicted octanol–water partition coefficient (Wildman–Crippen LogP) is 3.55. The van der Waals surface area contributed by atoms with Gasteiger partial charge in [0.1, 0.15) is 6.61 Å². The van der Waals surface area contributed by atoms with Crippen molar-refractivity contribution < 1.29 is 19.1 Å². The van der Waals surface area contributed by atoms with Crippen LogP contribution in [0.1, 0.15) is 61.9 Å². The minimum absolute atomic E-state index is 0.0304. The van der Waals surface area contributed by atoms with Gasteiger partial charge in [0.25, 0.3) is 0 Å². The quantitative estimate of drug-likeness (QED) is 0.382. The molecule has 0 spiro atoms. The molecule has 0 bridgehead atoms. The van der Waals surface area contributed by atoms with Gasteiger partial charge < -0.3 is 14.8 Å². The zero-order valence-corrected chi connectivity index (χ0v) is 16.2. The Labute approximate surface area is 157 Å². The van der Waals surface area contributed by atoms with Crippen molar-refractivity contribution >= 4 is 11.7 Å². The zero-order valence-electron chi connectivity index (χ0n) is 16.2. The van der Waals surface area contributed by atoms with E-state index in [-0.39, 0.29) is 18.3 Å². The average Bonchev–Trinajstić information content (AvgIpc) is 2.66. The molecule has 26 heavy (non-hydrogen) atoms. The van der Waals surface area contributed by atoms with E-state index in [1.807, 2.05) is 31.2 Å². The van der Waals surface area contributed by atoms with Gasteiger partial charge in [-0.25, -0.2) is 0 Å². The van der Waals surface area contributed by atoms with Crippen molar-refractivity contribution in [3.8, 4) is 0 Å². The van der Waals surface area contributed by atoms with E-state index in [1.54, 1.807) is 0 Å². The highest BCUT2D eigenvalue weighted by Gasteiger charge is 2.06. The molecule has 0 heterocycles. The van der Waals surface area contributed by atoms with E-state index in [0.29, 0.717) is 39.2 Å². The Kier molecular flexibility index (Phi) is 12.4. The number of ether oxygens (including phenoxy) is 2. The maximum absolute atomic E-state index is 12.2. The molecule has 1 rings (SSSR count). The molecule has 1 aromatic carbocycles. The third-order valence-electron chi connectivity index (χ3n) is 3.95. The topological polar surface area (TPSA) is 64.6 Å². The molecular formula is C21H33NO4. The Hall–Kier alpha value is -1.72. The average molecular weight is 363 g/mol. The first kappa shape index (κ1) is 22.3. The number of rotatable bonds is 15. The molecule has 5 heteroatoms. The number of Topliss-reactive ketones (excluding diaryl/α,β-unsaturated/α-hetero) is 1. The molecule has 1 aromatic rings. The maximum Gasteiger partial charge on any atom is 0.245 e. The molecule has 5 nitrogen and oxygen atoms in total. The number of benzene rings is 1. The van der Waals surface area contributed by atoms with Crippen molar-refractivity contribution in [2.45, 2.75) is 52.4 Å². The second kappa shape index (κ2) is 14.4. The maximum atomic E-state index is 12.2. The molecule has 146 valence electrons. The van der Waals surface area contributed by atoms with Crippen molar-refractivity contribution in [3.63, 3.8) is 0 Å². The van der Waals surface area contributed by atoms with Gasteiger partial charge in [0, 0.05) is 25.1 Å². The fourth-order valence-corrected chi connectivity index (χ4v) is 2.44. The highest BCUT2D eigenvalue weighted by molar-refractivity contribution is 5.96. The molecule has 0 unspecified atom stereocenters. The minimum Gasteiger partial charge on any atom is -0.379 e. The molecule has 0 aromatic heterocycles. The molecule has 0 aliphatic heterocycles. The Morgan fingerprint density at radius 2 is 1.65 bits per heavy atom. The largest absolute Gasteiger partial charge is 0.379 e. The number of unbranched alkanes of at least 4 members (excludes halogenated alkanes) is 1. The van der Waals surface area contributed by atoms with Crippen LogP contribution in [0.3, 0.4) is 0 Å². The van der Waals surface area contributed by atoms with Crippen molar-refractivity contribution in [2.75, 3.05) is 33.0 Å². The highest BCUT2D eigenvalue weighted by atomic mass is 16.5. The zero-order chi connectivity index (χ0) is 19.0. The summed E-state index contributed by atoms with van der Waals surface area (Å²) in [5, 5.41) is 2.77. The lowest BCUT2D eigenvalue weighted by Crippen LogP contribution is -2.29. The highest BCUT2D eigenvalue weighted by Crippen LogP contribution is 2.10. The van der Waals surface area contributed by atoms with Gasteiger partial charge in [0.15, 0.2) is 5.78 Å². The molecule has 1 N–H and O–H groups in total. The fraction of sp³-hybridized carbons (Fsp3) is 0.619. The summed E-state index contributed by atoms with van der Waals surface area (Å²) in [4.78, 5) is 23.8. The molecule has 0 saturated heterocycles. The Bertz CT molecular complexity index is 513. The molecule has 0 aliphatic rings. The van der Waals surface area contributed by atoms with Gasteiger partial charge in [0.2, 0.25) is 5.91 Å². The Morgan fingerprint density at radius 1 is 0.923 bits per heavy atom. The van der Waals surface area contributed by atoms with Crippen LogP contribution in [0.4, 0.5) is 0 Å². The summed E-state index contributed by atoms with van der Waals surface area (Å²) >= 11 is 0. The number of ketones is 1. The van der Waals surface area contributed by atoms with Gasteiger partial charge in [-0.15, -0.1) is 0 Å². The molecule has 0 aliphatic carbocycles. The SMILES string of the molecule is CCCCc1ccc(C(=O)CCCNC(=O)COCCOCCC)cc1. The second-order valence-corrected chi connectivity index (χ2v) is 6.34. The summed E-state index contributed by atoms with van der Waals surface area (Å²) in [6, 6.07) is 7.87. The van der Waals surface area contributed by atoms with Crippen molar-refractivity contribution in [1.29, 1.82) is 0 Å². The van der Waals surface area contributed by atoms with Gasteiger partial charge in [-0.3, -0.25) is 9.59 Å². The summed E-state index contributed by atoms with van der Waals surface area (Å²) < 4.78 is 10.5. The van der Waals surface area contributed by atoms with Gasteiger partial charge in [-0.05, 0) is 31.2 Å². The van der Waals surface area contributed by atoms with Gasteiger partial charge in [-0.1, -0.05) is 44.5 Å². The van der Waals surface area contributed by atoms with Gasteiger partial charge in [0.05, 0.1) is 13.2 Å². The van der Waals surface area contributed by atoms with Crippen LogP contribution in [-0.4, -0.2) is 44.7 Å². The molecule has 0 radical (unpaired) electrons. The Balaban J connectivity index is 2.11. The summed E-state index contributed by atoms with van der Waals surface area (Å²) in [5.74, 6) is -0.0427. The molecule has 0 fully saturated rings. The summed E-state index contributed by atoms with van der Waals surface area (Å²) in [7, 11) is 0. The van der Waals surface area contributed by atoms with E-state index in [9.17, 15) is 9.59 Å². The number of carbonyl (C=O) groups is 2. The van der Waals surface area contributed by atoms with Crippen LogP contribution in [0.5, 0.6) is 0 Å². The van der Waals surface area contributed by atoms with Crippen LogP contribution >= 0.6 is 0 Å². The number of carbonyl (C=O) groups excluding carboxylic acids is 2. The van der Waals surface area contributed by atoms with Crippen LogP contribution in [0.25, 0.3) is 0 Å². The van der Waals surface area contributed by atoms with Crippen LogP contribution in [0.2, 0.25) is 0 Å². The Morgan fingerprint density at radius 3 is 2.35 bits per heavy atom. The number of hydrogen-bond donors (Lipinski definition) is 1. The van der Waals surface area contributed by atoms with Crippen LogP contribution in [0, 0.1) is 0 Å². The van der Waals surface area contributed by atoms with E-state index >= 15 is 0 Å². The first-order chi connectivity index (χ1) is 12.7. The lowest BCUT2D eigenvalue weighted by Gasteiger charge is -2.07. The minimum atomic E-state index is -0.159. The first-order valence-electron chi connectivity index (χ1n) is 9.71. The standard InChI is InChI=1S/C21H33NO4/c1-3-5-7-18-9-11-19(12-10-18)20(23)8-6-13-22-21(24)17-26-16-15-25-14-4-2/h9-12H,3-8,13-17H2,1-2H3,(H,22,24). The lowest BCUT2D eigenvalue weighted by molar-refractivity contribution is -0.126. The third kappa shape index (κ3) is 10.3.